The Hall–Kier alpha value is -2.08. The van der Waals surface area contributed by atoms with E-state index in [4.69, 9.17) is 4.74 Å². The van der Waals surface area contributed by atoms with Crippen LogP contribution in [0.2, 0.25) is 0 Å². The summed E-state index contributed by atoms with van der Waals surface area (Å²) in [5.41, 5.74) is 2.53. The first-order chi connectivity index (χ1) is 11.7. The maximum Gasteiger partial charge on any atom is 0.223 e. The first-order valence-electron chi connectivity index (χ1n) is 8.60. The van der Waals surface area contributed by atoms with Gasteiger partial charge >= 0.3 is 0 Å². The van der Waals surface area contributed by atoms with Crippen molar-refractivity contribution in [1.82, 2.24) is 15.5 Å². The largest absolute Gasteiger partial charge is 0.383 e. The molecule has 24 heavy (non-hydrogen) atoms. The number of nitrogens with zero attached hydrogens (tertiary/aromatic N) is 2. The fourth-order valence-corrected chi connectivity index (χ4v) is 2.70. The highest BCUT2D eigenvalue weighted by Gasteiger charge is 2.22. The molecular formula is C18H28N4O2. The number of fused-ring (bicyclic) bond motifs is 1. The van der Waals surface area contributed by atoms with Crippen molar-refractivity contribution in [3.05, 3.63) is 35.4 Å². The molecule has 0 saturated carbocycles. The van der Waals surface area contributed by atoms with E-state index >= 15 is 0 Å². The van der Waals surface area contributed by atoms with E-state index < -0.39 is 0 Å². The summed E-state index contributed by atoms with van der Waals surface area (Å²) < 4.78 is 5.02. The molecule has 1 aromatic rings. The van der Waals surface area contributed by atoms with Crippen LogP contribution in [0.3, 0.4) is 0 Å². The lowest BCUT2D eigenvalue weighted by atomic mass is 10.1. The predicted molar refractivity (Wildman–Crippen MR) is 95.8 cm³/mol. The third-order valence-corrected chi connectivity index (χ3v) is 3.96. The summed E-state index contributed by atoms with van der Waals surface area (Å²) in [5, 5.41) is 6.38. The normalized spacial score (nSPS) is 13.8. The van der Waals surface area contributed by atoms with Gasteiger partial charge in [0.15, 0.2) is 5.96 Å². The Kier molecular flexibility index (Phi) is 7.55. The number of carbonyl (C=O) groups excluding carboxylic acids is 1. The van der Waals surface area contributed by atoms with Gasteiger partial charge in [-0.15, -0.1) is 0 Å². The molecule has 2 N–H and O–H groups in total. The molecule has 1 amide bonds. The summed E-state index contributed by atoms with van der Waals surface area (Å²) in [6.45, 7) is 6.30. The molecule has 2 rings (SSSR count). The molecule has 1 aliphatic rings. The van der Waals surface area contributed by atoms with Crippen molar-refractivity contribution in [2.45, 2.75) is 32.9 Å². The van der Waals surface area contributed by atoms with Crippen molar-refractivity contribution < 1.29 is 9.53 Å². The minimum Gasteiger partial charge on any atom is -0.383 e. The van der Waals surface area contributed by atoms with E-state index in [9.17, 15) is 4.79 Å². The number of methoxy groups -OCH3 is 1. The molecular weight excluding hydrogens is 304 g/mol. The summed E-state index contributed by atoms with van der Waals surface area (Å²) in [5.74, 6) is 0.981. The van der Waals surface area contributed by atoms with Crippen molar-refractivity contribution >= 4 is 11.9 Å². The standard InChI is InChI=1S/C18H28N4O2/c1-3-19-18(21-11-12-24-2)20-10-6-9-17(23)22-13-15-7-4-5-8-16(15)14-22/h4-5,7-8H,3,6,9-14H2,1-2H3,(H2,19,20,21). The summed E-state index contributed by atoms with van der Waals surface area (Å²) >= 11 is 0. The van der Waals surface area contributed by atoms with Crippen molar-refractivity contribution in [3.8, 4) is 0 Å². The SMILES string of the molecule is CCNC(=NCCCC(=O)N1Cc2ccccc2C1)NCCOC. The number of benzene rings is 1. The molecule has 0 bridgehead atoms. The second-order valence-electron chi connectivity index (χ2n) is 5.80. The Morgan fingerprint density at radius 2 is 1.96 bits per heavy atom. The second-order valence-corrected chi connectivity index (χ2v) is 5.80. The molecule has 0 aliphatic carbocycles. The fraction of sp³-hybridized carbons (Fsp3) is 0.556. The molecule has 0 atom stereocenters. The van der Waals surface area contributed by atoms with Crippen molar-refractivity contribution in [2.75, 3.05) is 33.4 Å². The highest BCUT2D eigenvalue weighted by atomic mass is 16.5. The van der Waals surface area contributed by atoms with Gasteiger partial charge in [0.1, 0.15) is 0 Å². The Labute approximate surface area is 144 Å². The number of ether oxygens (including phenoxy) is 1. The van der Waals surface area contributed by atoms with Gasteiger partial charge in [0, 0.05) is 46.3 Å². The number of amides is 1. The molecule has 0 saturated heterocycles. The van der Waals surface area contributed by atoms with Crippen molar-refractivity contribution in [3.63, 3.8) is 0 Å². The molecule has 1 aromatic carbocycles. The van der Waals surface area contributed by atoms with Crippen LogP contribution in [0.15, 0.2) is 29.3 Å². The molecule has 0 aromatic heterocycles. The lowest BCUT2D eigenvalue weighted by molar-refractivity contribution is -0.131. The summed E-state index contributed by atoms with van der Waals surface area (Å²) in [6.07, 6.45) is 1.29. The summed E-state index contributed by atoms with van der Waals surface area (Å²) in [4.78, 5) is 18.7. The predicted octanol–water partition coefficient (Wildman–Crippen LogP) is 1.51. The Bertz CT molecular complexity index is 535. The van der Waals surface area contributed by atoms with Gasteiger partial charge < -0.3 is 20.3 Å². The minimum absolute atomic E-state index is 0.207. The number of hydrogen-bond acceptors (Lipinski definition) is 3. The highest BCUT2D eigenvalue weighted by Crippen LogP contribution is 2.22. The van der Waals surface area contributed by atoms with E-state index in [-0.39, 0.29) is 5.91 Å². The van der Waals surface area contributed by atoms with Gasteiger partial charge in [-0.1, -0.05) is 24.3 Å². The van der Waals surface area contributed by atoms with Crippen LogP contribution in [0.25, 0.3) is 0 Å². The highest BCUT2D eigenvalue weighted by molar-refractivity contribution is 5.80. The minimum atomic E-state index is 0.207. The number of aliphatic imine (C=N–C) groups is 1. The van der Waals surface area contributed by atoms with E-state index in [1.54, 1.807) is 7.11 Å². The quantitative estimate of drug-likeness (QED) is 0.430. The van der Waals surface area contributed by atoms with Crippen LogP contribution in [-0.4, -0.2) is 50.1 Å². The average Bonchev–Trinajstić information content (AvgIpc) is 3.03. The van der Waals surface area contributed by atoms with Crippen LogP contribution in [0.4, 0.5) is 0 Å². The lowest BCUT2D eigenvalue weighted by Gasteiger charge is -2.15. The smallest absolute Gasteiger partial charge is 0.223 e. The molecule has 6 heteroatoms. The number of rotatable bonds is 8. The van der Waals surface area contributed by atoms with Gasteiger partial charge in [-0.25, -0.2) is 0 Å². The van der Waals surface area contributed by atoms with E-state index in [1.807, 2.05) is 24.0 Å². The molecule has 0 spiro atoms. The molecule has 1 heterocycles. The number of nitrogens with one attached hydrogen (secondary N) is 2. The van der Waals surface area contributed by atoms with Crippen LogP contribution < -0.4 is 10.6 Å². The van der Waals surface area contributed by atoms with Crippen LogP contribution >= 0.6 is 0 Å². The first-order valence-corrected chi connectivity index (χ1v) is 8.60. The summed E-state index contributed by atoms with van der Waals surface area (Å²) in [7, 11) is 1.67. The van der Waals surface area contributed by atoms with Gasteiger partial charge in [0.25, 0.3) is 0 Å². The summed E-state index contributed by atoms with van der Waals surface area (Å²) in [6, 6.07) is 8.25. The van der Waals surface area contributed by atoms with Gasteiger partial charge in [-0.05, 0) is 24.5 Å². The van der Waals surface area contributed by atoms with Gasteiger partial charge in [0.05, 0.1) is 6.61 Å². The molecule has 0 fully saturated rings. The lowest BCUT2D eigenvalue weighted by Crippen LogP contribution is -2.39. The molecule has 1 aliphatic heterocycles. The number of guanidine groups is 1. The monoisotopic (exact) mass is 332 g/mol. The van der Waals surface area contributed by atoms with Gasteiger partial charge in [0.2, 0.25) is 5.91 Å². The third-order valence-electron chi connectivity index (χ3n) is 3.96. The number of hydrogen-bond donors (Lipinski definition) is 2. The van der Waals surface area contributed by atoms with Crippen molar-refractivity contribution in [1.29, 1.82) is 0 Å². The fourth-order valence-electron chi connectivity index (χ4n) is 2.70. The van der Waals surface area contributed by atoms with Crippen LogP contribution in [-0.2, 0) is 22.6 Å². The zero-order chi connectivity index (χ0) is 17.2. The van der Waals surface area contributed by atoms with Crippen molar-refractivity contribution in [2.24, 2.45) is 4.99 Å². The van der Waals surface area contributed by atoms with E-state index in [2.05, 4.69) is 27.8 Å². The zero-order valence-electron chi connectivity index (χ0n) is 14.7. The van der Waals surface area contributed by atoms with Gasteiger partial charge in [-0.2, -0.15) is 0 Å². The topological polar surface area (TPSA) is 66.0 Å². The van der Waals surface area contributed by atoms with Crippen LogP contribution in [0.1, 0.15) is 30.9 Å². The Morgan fingerprint density at radius 1 is 1.25 bits per heavy atom. The average molecular weight is 332 g/mol. The number of carbonyl (C=O) groups is 1. The molecule has 0 unspecified atom stereocenters. The van der Waals surface area contributed by atoms with Crippen LogP contribution in [0.5, 0.6) is 0 Å². The van der Waals surface area contributed by atoms with Crippen LogP contribution in [0, 0.1) is 0 Å². The molecule has 0 radical (unpaired) electrons. The third kappa shape index (κ3) is 5.53. The van der Waals surface area contributed by atoms with E-state index in [0.29, 0.717) is 26.1 Å². The first kappa shape index (κ1) is 18.3. The Morgan fingerprint density at radius 3 is 2.58 bits per heavy atom. The molecule has 6 nitrogen and oxygen atoms in total. The molecule has 132 valence electrons. The van der Waals surface area contributed by atoms with E-state index in [0.717, 1.165) is 32.0 Å². The van der Waals surface area contributed by atoms with Gasteiger partial charge in [-0.3, -0.25) is 9.79 Å². The Balaban J connectivity index is 1.71. The zero-order valence-corrected chi connectivity index (χ0v) is 14.7. The maximum absolute atomic E-state index is 12.3. The second kappa shape index (κ2) is 9.93. The maximum atomic E-state index is 12.3. The van der Waals surface area contributed by atoms with E-state index in [1.165, 1.54) is 11.1 Å².